The number of nitrogens with one attached hydrogen (secondary N) is 1. The second kappa shape index (κ2) is 11.0. The highest BCUT2D eigenvalue weighted by atomic mass is 31.2. The summed E-state index contributed by atoms with van der Waals surface area (Å²) < 4.78 is 22.0. The Morgan fingerprint density at radius 3 is 2.48 bits per heavy atom. The number of carbonyl (C=O) groups excluding carboxylic acids is 1. The number of nitrogen functional groups attached to an aromatic ring is 1. The number of aromatic amines is 1. The normalized spacial score (nSPS) is 18.9. The van der Waals surface area contributed by atoms with E-state index in [0.717, 1.165) is 0 Å². The number of esters is 1. The molecule has 1 atom stereocenters. The number of imidazole rings is 1. The fraction of sp³-hybridized carbons (Fsp3) is 0.579. The maximum absolute atomic E-state index is 11.8. The van der Waals surface area contributed by atoms with Gasteiger partial charge in [0, 0.05) is 13.1 Å². The summed E-state index contributed by atoms with van der Waals surface area (Å²) in [5.74, 6) is -0.602. The molecule has 14 heteroatoms. The third-order valence-electron chi connectivity index (χ3n) is 5.23. The van der Waals surface area contributed by atoms with Gasteiger partial charge in [-0.2, -0.15) is 4.98 Å². The van der Waals surface area contributed by atoms with Gasteiger partial charge in [-0.05, 0) is 31.6 Å². The molecule has 0 radical (unpaired) electrons. The molecular weight excluding hydrogens is 455 g/mol. The van der Waals surface area contributed by atoms with Crippen LogP contribution in [-0.4, -0.2) is 73.0 Å². The van der Waals surface area contributed by atoms with Gasteiger partial charge >= 0.3 is 13.8 Å². The Morgan fingerprint density at radius 1 is 1.33 bits per heavy atom. The van der Waals surface area contributed by atoms with Crippen LogP contribution < -0.4 is 11.3 Å². The zero-order chi connectivity index (χ0) is 24.8. The molecule has 2 heterocycles. The van der Waals surface area contributed by atoms with Gasteiger partial charge in [0.05, 0.1) is 12.0 Å². The van der Waals surface area contributed by atoms with Gasteiger partial charge in [-0.1, -0.05) is 20.8 Å². The minimum absolute atomic E-state index is 0.0746. The van der Waals surface area contributed by atoms with Crippen LogP contribution in [0.3, 0.4) is 0 Å². The van der Waals surface area contributed by atoms with E-state index in [1.807, 2.05) is 0 Å². The number of nitrogens with two attached hydrogens (primary N) is 1. The van der Waals surface area contributed by atoms with Crippen LogP contribution in [0.1, 0.15) is 34.1 Å². The number of carbonyl (C=O) groups is 1. The molecule has 184 valence electrons. The lowest BCUT2D eigenvalue weighted by molar-refractivity contribution is -0.142. The second-order valence-corrected chi connectivity index (χ2v) is 8.79. The molecule has 0 aliphatic heterocycles. The minimum Gasteiger partial charge on any atom is -0.465 e. The van der Waals surface area contributed by atoms with Crippen LogP contribution in [0.15, 0.2) is 16.7 Å². The predicted molar refractivity (Wildman–Crippen MR) is 122 cm³/mol. The fourth-order valence-electron chi connectivity index (χ4n) is 3.16. The van der Waals surface area contributed by atoms with Crippen molar-refractivity contribution in [1.82, 2.24) is 24.4 Å². The quantitative estimate of drug-likeness (QED) is 0.292. The number of fused-ring (bicyclic) bond motifs is 1. The first-order chi connectivity index (χ1) is 15.4. The molecule has 2 aromatic rings. The van der Waals surface area contributed by atoms with E-state index in [0.29, 0.717) is 12.0 Å². The van der Waals surface area contributed by atoms with Gasteiger partial charge in [0.15, 0.2) is 11.2 Å². The number of ether oxygens (including phenoxy) is 1. The first-order valence-electron chi connectivity index (χ1n) is 10.4. The molecule has 1 unspecified atom stereocenters. The lowest BCUT2D eigenvalue weighted by Gasteiger charge is -2.15. The first kappa shape index (κ1) is 26.7. The average molecular weight is 486 g/mol. The van der Waals surface area contributed by atoms with Crippen molar-refractivity contribution in [3.05, 3.63) is 22.3 Å². The van der Waals surface area contributed by atoms with Crippen molar-refractivity contribution in [3.8, 4) is 0 Å². The van der Waals surface area contributed by atoms with E-state index in [2.05, 4.69) is 45.1 Å². The summed E-state index contributed by atoms with van der Waals surface area (Å²) in [6.07, 6.45) is 3.32. The van der Waals surface area contributed by atoms with E-state index < -0.39 is 24.8 Å². The number of aromatic nitrogens is 4. The van der Waals surface area contributed by atoms with Gasteiger partial charge in [-0.3, -0.25) is 23.7 Å². The van der Waals surface area contributed by atoms with Gasteiger partial charge < -0.3 is 25.2 Å². The van der Waals surface area contributed by atoms with Gasteiger partial charge in [0.1, 0.15) is 12.9 Å². The van der Waals surface area contributed by atoms with Crippen LogP contribution in [0.25, 0.3) is 17.4 Å². The zero-order valence-corrected chi connectivity index (χ0v) is 20.0. The van der Waals surface area contributed by atoms with Crippen LogP contribution in [-0.2, 0) is 18.6 Å². The number of H-pyrrole nitrogens is 1. The molecule has 0 aromatic carbocycles. The summed E-state index contributed by atoms with van der Waals surface area (Å²) in [5, 5.41) is 0. The molecule has 0 amide bonds. The minimum atomic E-state index is -4.68. The Balaban J connectivity index is 0.000000479. The third-order valence-corrected chi connectivity index (χ3v) is 5.70. The molecule has 2 aromatic heterocycles. The molecular formula is C19H31N6O7P. The van der Waals surface area contributed by atoms with Gasteiger partial charge in [-0.25, -0.2) is 9.55 Å². The molecule has 1 fully saturated rings. The first-order valence-corrected chi connectivity index (χ1v) is 12.0. The number of hydrogen-bond acceptors (Lipinski definition) is 9. The molecule has 0 saturated heterocycles. The SMILES string of the molecule is CC(=O)OCC1(COP(=O)(O)O)C/C1=C\n1cnc2c(=O)[nH]c(N)nc21.CCN(CC)CC. The average Bonchev–Trinajstić information content (AvgIpc) is 3.27. The van der Waals surface area contributed by atoms with Crippen LogP contribution in [0.5, 0.6) is 0 Å². The lowest BCUT2D eigenvalue weighted by atomic mass is 10.1. The highest BCUT2D eigenvalue weighted by molar-refractivity contribution is 7.46. The number of phosphoric acid groups is 1. The summed E-state index contributed by atoms with van der Waals surface area (Å²) in [7, 11) is -4.68. The lowest BCUT2D eigenvalue weighted by Crippen LogP contribution is -2.21. The molecule has 1 aliphatic carbocycles. The van der Waals surface area contributed by atoms with Gasteiger partial charge in [0.2, 0.25) is 5.95 Å². The molecule has 1 aliphatic rings. The Labute approximate surface area is 190 Å². The second-order valence-electron chi connectivity index (χ2n) is 7.55. The highest BCUT2D eigenvalue weighted by Crippen LogP contribution is 2.55. The molecule has 13 nitrogen and oxygen atoms in total. The monoisotopic (exact) mass is 486 g/mol. The summed E-state index contributed by atoms with van der Waals surface area (Å²) in [6, 6.07) is 0. The summed E-state index contributed by atoms with van der Waals surface area (Å²) >= 11 is 0. The maximum atomic E-state index is 11.8. The van der Waals surface area contributed by atoms with Crippen molar-refractivity contribution in [1.29, 1.82) is 0 Å². The van der Waals surface area contributed by atoms with Crippen molar-refractivity contribution < 1.29 is 28.4 Å². The fourth-order valence-corrected chi connectivity index (χ4v) is 3.57. The summed E-state index contributed by atoms with van der Waals surface area (Å²) in [4.78, 5) is 53.4. The number of hydrogen-bond donors (Lipinski definition) is 4. The standard InChI is InChI=1S/C13H16N5O7P.C6H15N/c1-7(19)24-4-13(5-25-26(21,22)23)2-8(13)3-18-6-15-9-10(18)16-12(14)17-11(9)20;1-4-7(5-2)6-3/h3,6H,2,4-5H2,1H3,(H2,21,22,23)(H3,14,16,17,20);4-6H2,1-3H3/b8-3+;. The van der Waals surface area contributed by atoms with Crippen LogP contribution >= 0.6 is 7.82 Å². The predicted octanol–water partition coefficient (Wildman–Crippen LogP) is 0.953. The van der Waals surface area contributed by atoms with Crippen molar-refractivity contribution in [3.63, 3.8) is 0 Å². The molecule has 3 rings (SSSR count). The van der Waals surface area contributed by atoms with Crippen molar-refractivity contribution in [2.24, 2.45) is 5.41 Å². The van der Waals surface area contributed by atoms with E-state index in [9.17, 15) is 14.2 Å². The zero-order valence-electron chi connectivity index (χ0n) is 19.1. The van der Waals surface area contributed by atoms with Crippen LogP contribution in [0, 0.1) is 5.41 Å². The van der Waals surface area contributed by atoms with Gasteiger partial charge in [-0.15, -0.1) is 0 Å². The Hall–Kier alpha value is -2.57. The largest absolute Gasteiger partial charge is 0.469 e. The Morgan fingerprint density at radius 2 is 1.97 bits per heavy atom. The van der Waals surface area contributed by atoms with Gasteiger partial charge in [0.25, 0.3) is 5.56 Å². The van der Waals surface area contributed by atoms with Crippen molar-refractivity contribution >= 4 is 37.1 Å². The Kier molecular flexibility index (Phi) is 8.92. The van der Waals surface area contributed by atoms with E-state index in [1.165, 1.54) is 37.5 Å². The van der Waals surface area contributed by atoms with Crippen molar-refractivity contribution in [2.45, 2.75) is 34.1 Å². The third kappa shape index (κ3) is 7.47. The number of anilines is 1. The molecule has 33 heavy (non-hydrogen) atoms. The van der Waals surface area contributed by atoms with Crippen LogP contribution in [0.2, 0.25) is 0 Å². The van der Waals surface area contributed by atoms with E-state index >= 15 is 0 Å². The Bertz CT molecular complexity index is 1100. The van der Waals surface area contributed by atoms with E-state index in [-0.39, 0.29) is 30.3 Å². The maximum Gasteiger partial charge on any atom is 0.469 e. The number of rotatable bonds is 9. The molecule has 0 bridgehead atoms. The smallest absolute Gasteiger partial charge is 0.465 e. The number of nitrogens with zero attached hydrogens (tertiary/aromatic N) is 4. The van der Waals surface area contributed by atoms with E-state index in [4.69, 9.17) is 20.3 Å². The summed E-state index contributed by atoms with van der Waals surface area (Å²) in [5.41, 5.74) is 5.19. The van der Waals surface area contributed by atoms with Crippen LogP contribution in [0.4, 0.5) is 5.95 Å². The van der Waals surface area contributed by atoms with E-state index in [1.54, 1.807) is 6.20 Å². The van der Waals surface area contributed by atoms with Crippen molar-refractivity contribution in [2.75, 3.05) is 38.6 Å². The summed E-state index contributed by atoms with van der Waals surface area (Å²) in [6.45, 7) is 10.9. The molecule has 0 spiro atoms. The molecule has 1 saturated carbocycles. The number of phosphoric ester groups is 1. The highest BCUT2D eigenvalue weighted by Gasteiger charge is 2.51. The topological polar surface area (TPSA) is 186 Å². The molecule has 5 N–H and O–H groups in total.